The van der Waals surface area contributed by atoms with E-state index in [4.69, 9.17) is 14.2 Å². The molecule has 0 heterocycles. The summed E-state index contributed by atoms with van der Waals surface area (Å²) >= 11 is 0. The van der Waals surface area contributed by atoms with Crippen molar-refractivity contribution in [3.8, 4) is 0 Å². The number of aliphatic hydroxyl groups is 1. The number of carbonyl (C=O) groups excluding carboxylic acids is 1. The lowest BCUT2D eigenvalue weighted by molar-refractivity contribution is -0.337. The normalized spacial score (nSPS) is 16.1. The molecule has 0 amide bonds. The van der Waals surface area contributed by atoms with Gasteiger partial charge in [-0.1, -0.05) is 6.08 Å². The first-order valence-corrected chi connectivity index (χ1v) is 4.98. The monoisotopic (exact) mass is 232 g/mol. The van der Waals surface area contributed by atoms with E-state index in [0.717, 1.165) is 0 Å². The van der Waals surface area contributed by atoms with E-state index >= 15 is 0 Å². The third kappa shape index (κ3) is 5.25. The standard InChI is InChI=1S/C11H20O5/c1-6-7-11(13,14-5)16-8-15-9(12)10(2,3)4/h6-7,13H,8H2,1-5H3. The zero-order chi connectivity index (χ0) is 12.8. The van der Waals surface area contributed by atoms with Crippen LogP contribution in [-0.4, -0.2) is 31.0 Å². The Morgan fingerprint density at radius 1 is 1.38 bits per heavy atom. The van der Waals surface area contributed by atoms with Crippen molar-refractivity contribution >= 4 is 5.97 Å². The highest BCUT2D eigenvalue weighted by Gasteiger charge is 2.27. The van der Waals surface area contributed by atoms with Crippen LogP contribution in [0.1, 0.15) is 27.7 Å². The van der Waals surface area contributed by atoms with Gasteiger partial charge in [-0.25, -0.2) is 0 Å². The van der Waals surface area contributed by atoms with Gasteiger partial charge in [0, 0.05) is 13.2 Å². The lowest BCUT2D eigenvalue weighted by atomic mass is 9.98. The molecule has 0 radical (unpaired) electrons. The first kappa shape index (κ1) is 15.1. The van der Waals surface area contributed by atoms with Crippen LogP contribution >= 0.6 is 0 Å². The van der Waals surface area contributed by atoms with E-state index in [1.54, 1.807) is 33.8 Å². The Kier molecular flexibility index (Phi) is 5.64. The number of hydrogen-bond donors (Lipinski definition) is 1. The van der Waals surface area contributed by atoms with Crippen LogP contribution in [0, 0.1) is 5.41 Å². The first-order valence-electron chi connectivity index (χ1n) is 4.98. The second kappa shape index (κ2) is 5.98. The molecule has 1 atom stereocenters. The molecule has 0 saturated carbocycles. The smallest absolute Gasteiger partial charge is 0.313 e. The van der Waals surface area contributed by atoms with Crippen LogP contribution in [0.5, 0.6) is 0 Å². The number of allylic oxidation sites excluding steroid dienone is 1. The van der Waals surface area contributed by atoms with Crippen molar-refractivity contribution in [2.24, 2.45) is 5.41 Å². The van der Waals surface area contributed by atoms with Gasteiger partial charge in [0.15, 0.2) is 6.79 Å². The summed E-state index contributed by atoms with van der Waals surface area (Å²) in [6.07, 6.45) is 2.87. The molecule has 5 nitrogen and oxygen atoms in total. The topological polar surface area (TPSA) is 65.0 Å². The van der Waals surface area contributed by atoms with Gasteiger partial charge in [-0.3, -0.25) is 9.53 Å². The average molecular weight is 232 g/mol. The minimum Gasteiger partial charge on any atom is -0.438 e. The predicted molar refractivity (Wildman–Crippen MR) is 58.3 cm³/mol. The Balaban J connectivity index is 4.11. The molecule has 0 saturated heterocycles. The second-order valence-electron chi connectivity index (χ2n) is 4.28. The highest BCUT2D eigenvalue weighted by atomic mass is 16.9. The zero-order valence-electron chi connectivity index (χ0n) is 10.4. The summed E-state index contributed by atoms with van der Waals surface area (Å²) in [5.74, 6) is -2.26. The van der Waals surface area contributed by atoms with E-state index in [9.17, 15) is 9.90 Å². The van der Waals surface area contributed by atoms with Crippen LogP contribution in [0.25, 0.3) is 0 Å². The third-order valence-corrected chi connectivity index (χ3v) is 1.74. The van der Waals surface area contributed by atoms with E-state index in [1.165, 1.54) is 13.2 Å². The molecule has 16 heavy (non-hydrogen) atoms. The molecular formula is C11H20O5. The summed E-state index contributed by atoms with van der Waals surface area (Å²) in [6, 6.07) is 0. The molecular weight excluding hydrogens is 212 g/mol. The fraction of sp³-hybridized carbons (Fsp3) is 0.727. The molecule has 1 unspecified atom stereocenters. The number of hydrogen-bond acceptors (Lipinski definition) is 5. The Hall–Kier alpha value is -0.910. The molecule has 5 heteroatoms. The van der Waals surface area contributed by atoms with E-state index in [-0.39, 0.29) is 6.79 Å². The fourth-order valence-corrected chi connectivity index (χ4v) is 0.770. The highest BCUT2D eigenvalue weighted by molar-refractivity contribution is 5.75. The van der Waals surface area contributed by atoms with Crippen molar-refractivity contribution in [1.82, 2.24) is 0 Å². The lowest BCUT2D eigenvalue weighted by Crippen LogP contribution is -2.34. The molecule has 0 aromatic carbocycles. The number of esters is 1. The molecule has 1 N–H and O–H groups in total. The number of ether oxygens (including phenoxy) is 3. The summed E-state index contributed by atoms with van der Waals surface area (Å²) in [6.45, 7) is 6.51. The maximum absolute atomic E-state index is 11.4. The van der Waals surface area contributed by atoms with Gasteiger partial charge in [-0.2, -0.15) is 0 Å². The zero-order valence-corrected chi connectivity index (χ0v) is 10.4. The quantitative estimate of drug-likeness (QED) is 0.441. The number of rotatable bonds is 5. The van der Waals surface area contributed by atoms with Crippen LogP contribution in [-0.2, 0) is 19.0 Å². The van der Waals surface area contributed by atoms with Crippen LogP contribution in [0.3, 0.4) is 0 Å². The number of methoxy groups -OCH3 is 1. The van der Waals surface area contributed by atoms with Crippen molar-refractivity contribution in [1.29, 1.82) is 0 Å². The third-order valence-electron chi connectivity index (χ3n) is 1.74. The van der Waals surface area contributed by atoms with E-state index in [1.807, 2.05) is 0 Å². The molecule has 0 aliphatic heterocycles. The van der Waals surface area contributed by atoms with E-state index in [2.05, 4.69) is 0 Å². The first-order chi connectivity index (χ1) is 7.25. The summed E-state index contributed by atoms with van der Waals surface area (Å²) in [5.41, 5.74) is -0.602. The highest BCUT2D eigenvalue weighted by Crippen LogP contribution is 2.16. The summed E-state index contributed by atoms with van der Waals surface area (Å²) in [4.78, 5) is 11.4. The van der Waals surface area contributed by atoms with Gasteiger partial charge in [0.25, 0.3) is 0 Å². The van der Waals surface area contributed by atoms with E-state index in [0.29, 0.717) is 0 Å². The van der Waals surface area contributed by atoms with Gasteiger partial charge in [0.2, 0.25) is 0 Å². The maximum atomic E-state index is 11.4. The van der Waals surface area contributed by atoms with Crippen molar-refractivity contribution < 1.29 is 24.1 Å². The molecule has 0 spiro atoms. The largest absolute Gasteiger partial charge is 0.438 e. The van der Waals surface area contributed by atoms with Crippen LogP contribution in [0.4, 0.5) is 0 Å². The van der Waals surface area contributed by atoms with E-state index < -0.39 is 17.4 Å². The van der Waals surface area contributed by atoms with Gasteiger partial charge >= 0.3 is 11.9 Å². The van der Waals surface area contributed by atoms with Crippen LogP contribution in [0.2, 0.25) is 0 Å². The van der Waals surface area contributed by atoms with Crippen molar-refractivity contribution in [3.63, 3.8) is 0 Å². The van der Waals surface area contributed by atoms with Gasteiger partial charge in [0.1, 0.15) is 0 Å². The SMILES string of the molecule is CC=CC(O)(OC)OCOC(=O)C(C)(C)C. The van der Waals surface area contributed by atoms with Crippen molar-refractivity contribution in [2.45, 2.75) is 33.7 Å². The van der Waals surface area contributed by atoms with Gasteiger partial charge in [-0.15, -0.1) is 0 Å². The molecule has 0 fully saturated rings. The lowest BCUT2D eigenvalue weighted by Gasteiger charge is -2.23. The Morgan fingerprint density at radius 2 is 1.94 bits per heavy atom. The minimum absolute atomic E-state index is 0.370. The summed E-state index contributed by atoms with van der Waals surface area (Å²) in [5, 5.41) is 9.61. The van der Waals surface area contributed by atoms with Gasteiger partial charge < -0.3 is 14.6 Å². The van der Waals surface area contributed by atoms with Gasteiger partial charge in [-0.05, 0) is 27.7 Å². The molecule has 0 bridgehead atoms. The number of carbonyl (C=O) groups is 1. The molecule has 0 rings (SSSR count). The molecule has 0 aromatic heterocycles. The maximum Gasteiger partial charge on any atom is 0.313 e. The Morgan fingerprint density at radius 3 is 2.31 bits per heavy atom. The Labute approximate surface area is 96.0 Å². The molecule has 0 aliphatic rings. The second-order valence-corrected chi connectivity index (χ2v) is 4.28. The van der Waals surface area contributed by atoms with Crippen LogP contribution < -0.4 is 0 Å². The average Bonchev–Trinajstić information content (AvgIpc) is 2.16. The minimum atomic E-state index is -1.85. The van der Waals surface area contributed by atoms with Crippen molar-refractivity contribution in [2.75, 3.05) is 13.9 Å². The molecule has 0 aromatic rings. The molecule has 0 aliphatic carbocycles. The predicted octanol–water partition coefficient (Wildman–Crippen LogP) is 1.42. The Bertz CT molecular complexity index is 254. The molecule has 94 valence electrons. The van der Waals surface area contributed by atoms with Crippen LogP contribution in [0.15, 0.2) is 12.2 Å². The van der Waals surface area contributed by atoms with Gasteiger partial charge in [0.05, 0.1) is 5.41 Å². The summed E-state index contributed by atoms with van der Waals surface area (Å²) < 4.78 is 14.4. The fourth-order valence-electron chi connectivity index (χ4n) is 0.770. The summed E-state index contributed by atoms with van der Waals surface area (Å²) in [7, 11) is 1.28. The van der Waals surface area contributed by atoms with Crippen molar-refractivity contribution in [3.05, 3.63) is 12.2 Å².